The number of aromatic nitrogens is 2. The molecule has 0 fully saturated rings. The van der Waals surface area contributed by atoms with Crippen LogP contribution in [0.15, 0.2) is 6.33 Å². The zero-order valence-corrected chi connectivity index (χ0v) is 6.96. The number of nitrogens with two attached hydrogens (primary N) is 1. The molecule has 6 nitrogen and oxygen atoms in total. The number of nitrogens with zero attached hydrogens (tertiary/aromatic N) is 2. The van der Waals surface area contributed by atoms with Crippen LogP contribution in [0.3, 0.4) is 0 Å². The Morgan fingerprint density at radius 2 is 2.08 bits per heavy atom. The fourth-order valence-corrected chi connectivity index (χ4v) is 0.848. The molecule has 1 heterocycles. The number of nitrogen functional groups attached to an aromatic ring is 1. The highest BCUT2D eigenvalue weighted by atomic mass is 16.5. The lowest BCUT2D eigenvalue weighted by Gasteiger charge is -2.09. The molecule has 0 aliphatic heterocycles. The first kappa shape index (κ1) is 8.54. The van der Waals surface area contributed by atoms with Crippen LogP contribution in [0.4, 0.5) is 11.6 Å². The monoisotopic (exact) mass is 169 g/mol. The summed E-state index contributed by atoms with van der Waals surface area (Å²) in [7, 11) is 3.27. The van der Waals surface area contributed by atoms with Crippen LogP contribution in [0, 0.1) is 0 Å². The predicted octanol–water partition coefficient (Wildman–Crippen LogP) is -0.188. The lowest BCUT2D eigenvalue weighted by Crippen LogP contribution is -2.11. The van der Waals surface area contributed by atoms with Crippen molar-refractivity contribution in [3.8, 4) is 5.75 Å². The zero-order valence-electron chi connectivity index (χ0n) is 6.96. The number of ether oxygens (including phenoxy) is 1. The van der Waals surface area contributed by atoms with E-state index < -0.39 is 0 Å². The second-order valence-corrected chi connectivity index (χ2v) is 2.00. The quantitative estimate of drug-likeness (QED) is 0.429. The summed E-state index contributed by atoms with van der Waals surface area (Å²) in [6.45, 7) is 0. The van der Waals surface area contributed by atoms with Crippen molar-refractivity contribution in [2.24, 2.45) is 5.84 Å². The van der Waals surface area contributed by atoms with Crippen molar-refractivity contribution in [2.45, 2.75) is 0 Å². The number of nitrogens with one attached hydrogen (secondary N) is 2. The van der Waals surface area contributed by atoms with E-state index in [2.05, 4.69) is 20.7 Å². The lowest BCUT2D eigenvalue weighted by molar-refractivity contribution is 0.415. The van der Waals surface area contributed by atoms with Gasteiger partial charge in [-0.3, -0.25) is 0 Å². The van der Waals surface area contributed by atoms with E-state index in [-0.39, 0.29) is 0 Å². The van der Waals surface area contributed by atoms with E-state index in [1.54, 1.807) is 7.05 Å². The lowest BCUT2D eigenvalue weighted by atomic mass is 10.5. The molecule has 0 saturated carbocycles. The molecule has 6 heteroatoms. The molecule has 1 aromatic heterocycles. The highest BCUT2D eigenvalue weighted by Crippen LogP contribution is 2.27. The fourth-order valence-electron chi connectivity index (χ4n) is 0.848. The average Bonchev–Trinajstić information content (AvgIpc) is 2.16. The molecular weight excluding hydrogens is 158 g/mol. The maximum Gasteiger partial charge on any atom is 0.205 e. The third kappa shape index (κ3) is 1.37. The van der Waals surface area contributed by atoms with Crippen molar-refractivity contribution in [3.63, 3.8) is 0 Å². The summed E-state index contributed by atoms with van der Waals surface area (Å²) >= 11 is 0. The molecule has 0 atom stereocenters. The summed E-state index contributed by atoms with van der Waals surface area (Å²) in [6, 6.07) is 0. The highest BCUT2D eigenvalue weighted by molar-refractivity contribution is 5.62. The second-order valence-electron chi connectivity index (χ2n) is 2.00. The van der Waals surface area contributed by atoms with Gasteiger partial charge in [0.25, 0.3) is 0 Å². The van der Waals surface area contributed by atoms with E-state index in [0.29, 0.717) is 17.4 Å². The first-order valence-corrected chi connectivity index (χ1v) is 3.36. The van der Waals surface area contributed by atoms with Gasteiger partial charge < -0.3 is 15.5 Å². The number of rotatable bonds is 3. The summed E-state index contributed by atoms with van der Waals surface area (Å²) in [5.74, 6) is 6.76. The van der Waals surface area contributed by atoms with E-state index in [9.17, 15) is 0 Å². The summed E-state index contributed by atoms with van der Waals surface area (Å²) < 4.78 is 5.03. The topological polar surface area (TPSA) is 85.1 Å². The van der Waals surface area contributed by atoms with Crippen LogP contribution in [0.25, 0.3) is 0 Å². The van der Waals surface area contributed by atoms with E-state index in [0.717, 1.165) is 0 Å². The first-order valence-electron chi connectivity index (χ1n) is 3.36. The predicted molar refractivity (Wildman–Crippen MR) is 45.9 cm³/mol. The number of hydrogen-bond donors (Lipinski definition) is 3. The molecule has 0 aliphatic rings. The molecule has 0 aliphatic carbocycles. The van der Waals surface area contributed by atoms with Crippen molar-refractivity contribution in [1.82, 2.24) is 9.97 Å². The molecule has 0 unspecified atom stereocenters. The van der Waals surface area contributed by atoms with Crippen LogP contribution >= 0.6 is 0 Å². The Morgan fingerprint density at radius 1 is 1.42 bits per heavy atom. The van der Waals surface area contributed by atoms with Gasteiger partial charge in [0.2, 0.25) is 5.75 Å². The molecule has 12 heavy (non-hydrogen) atoms. The van der Waals surface area contributed by atoms with Gasteiger partial charge in [0.1, 0.15) is 6.33 Å². The van der Waals surface area contributed by atoms with Crippen LogP contribution in [0.1, 0.15) is 0 Å². The summed E-state index contributed by atoms with van der Waals surface area (Å²) in [6.07, 6.45) is 1.39. The maximum absolute atomic E-state index is 5.20. The van der Waals surface area contributed by atoms with E-state index in [4.69, 9.17) is 10.6 Å². The van der Waals surface area contributed by atoms with Gasteiger partial charge in [0, 0.05) is 7.05 Å². The number of anilines is 2. The first-order chi connectivity index (χ1) is 5.83. The molecule has 0 spiro atoms. The van der Waals surface area contributed by atoms with E-state index >= 15 is 0 Å². The van der Waals surface area contributed by atoms with Crippen molar-refractivity contribution >= 4 is 11.6 Å². The second kappa shape index (κ2) is 3.72. The standard InChI is InChI=1S/C6H11N5O/c1-8-5-4(12-2)6(11-7)10-3-9-5/h3H,7H2,1-2H3,(H2,8,9,10,11). The largest absolute Gasteiger partial charge is 0.490 e. The summed E-state index contributed by atoms with van der Waals surface area (Å²) in [5, 5.41) is 2.85. The third-order valence-electron chi connectivity index (χ3n) is 1.38. The van der Waals surface area contributed by atoms with Gasteiger partial charge in [0.05, 0.1) is 7.11 Å². The zero-order chi connectivity index (χ0) is 8.97. The van der Waals surface area contributed by atoms with Crippen LogP contribution in [-0.2, 0) is 0 Å². The molecule has 1 rings (SSSR count). The molecule has 0 radical (unpaired) electrons. The Labute approximate surface area is 70.1 Å². The van der Waals surface area contributed by atoms with Crippen molar-refractivity contribution in [2.75, 3.05) is 24.9 Å². The minimum Gasteiger partial charge on any atom is -0.490 e. The van der Waals surface area contributed by atoms with Crippen molar-refractivity contribution in [1.29, 1.82) is 0 Å². The van der Waals surface area contributed by atoms with Crippen LogP contribution < -0.4 is 21.3 Å². The van der Waals surface area contributed by atoms with Gasteiger partial charge in [-0.2, -0.15) is 0 Å². The molecule has 0 saturated heterocycles. The highest BCUT2D eigenvalue weighted by Gasteiger charge is 2.08. The summed E-state index contributed by atoms with van der Waals surface area (Å²) in [5.41, 5.74) is 2.41. The van der Waals surface area contributed by atoms with Gasteiger partial charge >= 0.3 is 0 Å². The molecule has 0 aromatic carbocycles. The fraction of sp³-hybridized carbons (Fsp3) is 0.333. The average molecular weight is 169 g/mol. The number of hydrogen-bond acceptors (Lipinski definition) is 6. The van der Waals surface area contributed by atoms with Crippen LogP contribution in [-0.4, -0.2) is 24.1 Å². The normalized spacial score (nSPS) is 9.25. The van der Waals surface area contributed by atoms with Crippen LogP contribution in [0.5, 0.6) is 5.75 Å². The van der Waals surface area contributed by atoms with Gasteiger partial charge in [-0.25, -0.2) is 15.8 Å². The third-order valence-corrected chi connectivity index (χ3v) is 1.38. The summed E-state index contributed by atoms with van der Waals surface area (Å²) in [4.78, 5) is 7.80. The smallest absolute Gasteiger partial charge is 0.205 e. The molecular formula is C6H11N5O. The Balaban J connectivity index is 3.13. The van der Waals surface area contributed by atoms with Crippen molar-refractivity contribution in [3.05, 3.63) is 6.33 Å². The van der Waals surface area contributed by atoms with Crippen LogP contribution in [0.2, 0.25) is 0 Å². The minimum atomic E-state index is 0.455. The maximum atomic E-state index is 5.20. The van der Waals surface area contributed by atoms with Gasteiger partial charge in [0.15, 0.2) is 11.6 Å². The number of methoxy groups -OCH3 is 1. The Morgan fingerprint density at radius 3 is 2.58 bits per heavy atom. The van der Waals surface area contributed by atoms with Gasteiger partial charge in [-0.1, -0.05) is 0 Å². The van der Waals surface area contributed by atoms with Crippen molar-refractivity contribution < 1.29 is 4.74 Å². The van der Waals surface area contributed by atoms with Gasteiger partial charge in [-0.05, 0) is 0 Å². The van der Waals surface area contributed by atoms with E-state index in [1.807, 2.05) is 0 Å². The molecule has 4 N–H and O–H groups in total. The van der Waals surface area contributed by atoms with Gasteiger partial charge in [-0.15, -0.1) is 0 Å². The Kier molecular flexibility index (Phi) is 2.65. The Hall–Kier alpha value is -1.56. The molecule has 0 bridgehead atoms. The minimum absolute atomic E-state index is 0.455. The SMILES string of the molecule is CNc1ncnc(NN)c1OC. The molecule has 0 amide bonds. The molecule has 66 valence electrons. The Bertz CT molecular complexity index is 242. The van der Waals surface area contributed by atoms with E-state index in [1.165, 1.54) is 13.4 Å². The number of hydrazine groups is 1. The molecule has 1 aromatic rings.